The van der Waals surface area contributed by atoms with Crippen LogP contribution in [0.2, 0.25) is 0 Å². The average Bonchev–Trinajstić information content (AvgIpc) is 0.866. The van der Waals surface area contributed by atoms with Crippen LogP contribution in [0.25, 0.3) is 0 Å². The van der Waals surface area contributed by atoms with Crippen molar-refractivity contribution in [1.82, 2.24) is 15.1 Å². The molecule has 19 heteroatoms. The molecule has 550 valence electrons. The van der Waals surface area contributed by atoms with E-state index in [-0.39, 0.29) is 99.1 Å². The summed E-state index contributed by atoms with van der Waals surface area (Å²) in [7, 11) is 3.85. The third kappa shape index (κ3) is 48.9. The molecule has 0 spiro atoms. The molecular formula is C74H143N3O16. The molecule has 93 heavy (non-hydrogen) atoms. The number of hydrogen-bond acceptors (Lipinski definition) is 19. The molecule has 0 heterocycles. The summed E-state index contributed by atoms with van der Waals surface area (Å²) >= 11 is 0. The molecule has 0 amide bonds. The second-order valence-corrected chi connectivity index (χ2v) is 31.4. The molecule has 0 aliphatic rings. The van der Waals surface area contributed by atoms with E-state index in [1.807, 2.05) is 157 Å². The number of rotatable bonds is 40. The Bertz CT molecular complexity index is 2080. The smallest absolute Gasteiger partial charge is 0.311 e. The Morgan fingerprint density at radius 2 is 0.774 bits per heavy atom. The molecule has 0 aromatic heterocycles. The first-order chi connectivity index (χ1) is 42.6. The summed E-state index contributed by atoms with van der Waals surface area (Å²) in [6, 6.07) is 0. The number of nitrogens with one attached hydrogen (secondary N) is 1. The topological polar surface area (TPSA) is 229 Å². The van der Waals surface area contributed by atoms with Gasteiger partial charge in [0.15, 0.2) is 0 Å². The molecule has 0 aliphatic heterocycles. The van der Waals surface area contributed by atoms with Crippen molar-refractivity contribution < 1.29 is 76.3 Å². The van der Waals surface area contributed by atoms with Gasteiger partial charge in [-0.2, -0.15) is 0 Å². The van der Waals surface area contributed by atoms with E-state index in [2.05, 4.69) is 58.7 Å². The van der Waals surface area contributed by atoms with Crippen LogP contribution in [0, 0.1) is 62.1 Å². The normalized spacial score (nSPS) is 14.8. The van der Waals surface area contributed by atoms with Crippen LogP contribution >= 0.6 is 0 Å². The molecule has 7 unspecified atom stereocenters. The Kier molecular flexibility index (Phi) is 49.4. The van der Waals surface area contributed by atoms with Crippen molar-refractivity contribution in [2.24, 2.45) is 62.1 Å². The van der Waals surface area contributed by atoms with Crippen molar-refractivity contribution in [3.63, 3.8) is 0 Å². The van der Waals surface area contributed by atoms with E-state index in [9.17, 15) is 38.4 Å². The molecule has 0 radical (unpaired) electrons. The third-order valence-electron chi connectivity index (χ3n) is 15.5. The third-order valence-corrected chi connectivity index (χ3v) is 15.5. The number of nitrogens with zero attached hydrogens (tertiary/aromatic N) is 2. The van der Waals surface area contributed by atoms with Crippen molar-refractivity contribution in [3.8, 4) is 0 Å². The van der Waals surface area contributed by atoms with Gasteiger partial charge in [0.05, 0.1) is 78.9 Å². The Labute approximate surface area is 568 Å². The first-order valence-electron chi connectivity index (χ1n) is 35.1. The lowest BCUT2D eigenvalue weighted by Crippen LogP contribution is -2.40. The van der Waals surface area contributed by atoms with Gasteiger partial charge in [0, 0.05) is 25.2 Å². The number of carbonyl (C=O) groups is 8. The summed E-state index contributed by atoms with van der Waals surface area (Å²) in [5, 5.41) is 3.26. The summed E-state index contributed by atoms with van der Waals surface area (Å²) in [5.41, 5.74) is -2.29. The molecule has 0 aliphatic carbocycles. The van der Waals surface area contributed by atoms with E-state index in [4.69, 9.17) is 37.9 Å². The number of carbonyl (C=O) groups excluding carboxylic acids is 8. The largest absolute Gasteiger partial charge is 0.465 e. The molecular weight excluding hydrogens is 1190 g/mol. The molecule has 1 N–H and O–H groups in total. The first-order valence-corrected chi connectivity index (χ1v) is 35.1. The Morgan fingerprint density at radius 3 is 1.15 bits per heavy atom. The first kappa shape index (κ1) is 95.0. The Balaban J connectivity index is -0.000000569. The summed E-state index contributed by atoms with van der Waals surface area (Å²) < 4.78 is 42.8. The van der Waals surface area contributed by atoms with Gasteiger partial charge in [0.2, 0.25) is 0 Å². The zero-order chi connectivity index (χ0) is 73.2. The van der Waals surface area contributed by atoms with Gasteiger partial charge in [-0.05, 0) is 156 Å². The molecule has 7 atom stereocenters. The van der Waals surface area contributed by atoms with Gasteiger partial charge in [-0.1, -0.05) is 151 Å². The van der Waals surface area contributed by atoms with Gasteiger partial charge >= 0.3 is 47.8 Å². The standard InChI is InChI=1S/C21H41NO4.2C18H35NO4.C17H32O4/c1-10-21(9,18(24)26-16-19(4,5)6)15-20(7,8)17(23)25-14-13-22(11-2)12-3;1-9-18(6,16(21)23-13-17(3,4)5)12-14(2)15(20)22-11-10-19(7)8;1-7-9-11-22-17(21)15(8-2)13-14(3)16(20)23-12-10-19-18(4,5)6;1-7-9-10-20-15(18)13(3)11-14(8-2)16(19)21-12-17(4,5)6/h10-16H2,1-9H3;14H,9-13H2,1-8H3;14-15,19H,7-13H2,1-6H3;13-14H,7-12H2,1-6H3. The number of hydrogen-bond donors (Lipinski definition) is 1. The van der Waals surface area contributed by atoms with Gasteiger partial charge in [-0.15, -0.1) is 0 Å². The van der Waals surface area contributed by atoms with E-state index in [1.165, 1.54) is 0 Å². The van der Waals surface area contributed by atoms with E-state index >= 15 is 0 Å². The van der Waals surface area contributed by atoms with E-state index in [1.54, 1.807) is 0 Å². The predicted octanol–water partition coefficient (Wildman–Crippen LogP) is 14.7. The van der Waals surface area contributed by atoms with Crippen LogP contribution in [-0.2, 0) is 76.3 Å². The highest BCUT2D eigenvalue weighted by Crippen LogP contribution is 2.39. The van der Waals surface area contributed by atoms with Crippen molar-refractivity contribution in [2.45, 2.75) is 270 Å². The summed E-state index contributed by atoms with van der Waals surface area (Å²) in [5.74, 6) is -3.22. The minimum atomic E-state index is -0.741. The van der Waals surface area contributed by atoms with Crippen LogP contribution in [0.1, 0.15) is 264 Å². The number of esters is 8. The fourth-order valence-corrected chi connectivity index (χ4v) is 8.83. The van der Waals surface area contributed by atoms with Crippen LogP contribution < -0.4 is 5.32 Å². The van der Waals surface area contributed by atoms with Crippen LogP contribution in [-0.4, -0.2) is 163 Å². The second kappa shape index (κ2) is 48.4. The fourth-order valence-electron chi connectivity index (χ4n) is 8.83. The SMILES string of the molecule is CCC(C)(CC(C)C(=O)OCCN(C)C)C(=O)OCC(C)(C)C.CCCCOC(=O)C(C)CC(CC)C(=O)OCC(C)(C)C.CCCCOC(=O)C(CC)CC(C)C(=O)OCCNC(C)(C)C.CCN(CC)CCOC(=O)C(C)(C)CC(C)(CC)C(=O)OCC(C)(C)C. The molecule has 0 saturated carbocycles. The Hall–Kier alpha value is -4.36. The van der Waals surface area contributed by atoms with Gasteiger partial charge in [-0.25, -0.2) is 0 Å². The quantitative estimate of drug-likeness (QED) is 0.0341. The maximum atomic E-state index is 12.6. The summed E-state index contributed by atoms with van der Waals surface area (Å²) in [6.07, 6.45) is 8.16. The number of ether oxygens (including phenoxy) is 8. The molecule has 19 nitrogen and oxygen atoms in total. The molecule has 0 rings (SSSR count). The number of likely N-dealkylation sites (N-methyl/N-ethyl adjacent to an activating group) is 2. The van der Waals surface area contributed by atoms with Crippen LogP contribution in [0.5, 0.6) is 0 Å². The molecule has 0 aromatic carbocycles. The van der Waals surface area contributed by atoms with Crippen molar-refractivity contribution in [3.05, 3.63) is 0 Å². The zero-order valence-corrected chi connectivity index (χ0v) is 65.0. The van der Waals surface area contributed by atoms with Crippen LogP contribution in [0.15, 0.2) is 0 Å². The molecule has 0 bridgehead atoms. The van der Waals surface area contributed by atoms with E-state index < -0.39 is 16.2 Å². The van der Waals surface area contributed by atoms with E-state index in [0.29, 0.717) is 117 Å². The number of unbranched alkanes of at least 4 members (excludes halogenated alkanes) is 2. The van der Waals surface area contributed by atoms with Crippen LogP contribution in [0.3, 0.4) is 0 Å². The maximum Gasteiger partial charge on any atom is 0.311 e. The minimum absolute atomic E-state index is 0.00752. The second-order valence-electron chi connectivity index (χ2n) is 31.4. The predicted molar refractivity (Wildman–Crippen MR) is 374 cm³/mol. The Morgan fingerprint density at radius 1 is 0.409 bits per heavy atom. The van der Waals surface area contributed by atoms with E-state index in [0.717, 1.165) is 45.3 Å². The van der Waals surface area contributed by atoms with Gasteiger partial charge in [0.1, 0.15) is 19.8 Å². The highest BCUT2D eigenvalue weighted by Gasteiger charge is 2.43. The van der Waals surface area contributed by atoms with Gasteiger partial charge in [0.25, 0.3) is 0 Å². The van der Waals surface area contributed by atoms with Crippen molar-refractivity contribution in [1.29, 1.82) is 0 Å². The molecule has 0 saturated heterocycles. The lowest BCUT2D eigenvalue weighted by molar-refractivity contribution is -0.165. The summed E-state index contributed by atoms with van der Waals surface area (Å²) in [4.78, 5) is 102. The van der Waals surface area contributed by atoms with Crippen LogP contribution in [0.4, 0.5) is 0 Å². The van der Waals surface area contributed by atoms with Gasteiger partial charge in [-0.3, -0.25) is 38.4 Å². The van der Waals surface area contributed by atoms with Gasteiger partial charge < -0.3 is 53.0 Å². The lowest BCUT2D eigenvalue weighted by Gasteiger charge is -2.34. The monoisotopic (exact) mass is 1330 g/mol. The molecule has 0 fully saturated rings. The highest BCUT2D eigenvalue weighted by atomic mass is 16.6. The van der Waals surface area contributed by atoms with Crippen molar-refractivity contribution in [2.75, 3.05) is 99.7 Å². The highest BCUT2D eigenvalue weighted by molar-refractivity contribution is 5.81. The lowest BCUT2D eigenvalue weighted by atomic mass is 9.72. The average molecular weight is 1330 g/mol. The zero-order valence-electron chi connectivity index (χ0n) is 65.0. The maximum absolute atomic E-state index is 12.6. The minimum Gasteiger partial charge on any atom is -0.465 e. The van der Waals surface area contributed by atoms with Crippen molar-refractivity contribution >= 4 is 47.8 Å². The summed E-state index contributed by atoms with van der Waals surface area (Å²) in [6.45, 7) is 60.4. The fraction of sp³-hybridized carbons (Fsp3) is 0.892. The molecule has 0 aromatic rings.